The van der Waals surface area contributed by atoms with Crippen molar-refractivity contribution in [2.45, 2.75) is 18.7 Å². The number of nitrogens with zero attached hydrogens (tertiary/aromatic N) is 3. The molecule has 0 unspecified atom stereocenters. The number of rotatable bonds is 2. The van der Waals surface area contributed by atoms with Gasteiger partial charge in [-0.05, 0) is 38.1 Å². The highest BCUT2D eigenvalue weighted by molar-refractivity contribution is 7.89. The van der Waals surface area contributed by atoms with Crippen molar-refractivity contribution in [3.8, 4) is 0 Å². The molecule has 0 amide bonds. The summed E-state index contributed by atoms with van der Waals surface area (Å²) in [6.07, 6.45) is 0. The summed E-state index contributed by atoms with van der Waals surface area (Å²) < 4.78 is 25.3. The molecule has 7 heteroatoms. The predicted octanol–water partition coefficient (Wildman–Crippen LogP) is 0.714. The zero-order valence-electron chi connectivity index (χ0n) is 9.45. The zero-order chi connectivity index (χ0) is 12.6. The molecule has 0 saturated heterocycles. The van der Waals surface area contributed by atoms with E-state index in [1.807, 2.05) is 0 Å². The lowest BCUT2D eigenvalue weighted by atomic mass is 10.3. The van der Waals surface area contributed by atoms with E-state index in [1.54, 1.807) is 13.8 Å². The summed E-state index contributed by atoms with van der Waals surface area (Å²) in [4.78, 5) is 4.11. The van der Waals surface area contributed by atoms with Crippen molar-refractivity contribution in [2.24, 2.45) is 0 Å². The van der Waals surface area contributed by atoms with E-state index in [0.717, 1.165) is 4.09 Å². The van der Waals surface area contributed by atoms with Gasteiger partial charge in [-0.15, -0.1) is 9.19 Å². The van der Waals surface area contributed by atoms with Crippen molar-refractivity contribution in [2.75, 3.05) is 5.73 Å². The summed E-state index contributed by atoms with van der Waals surface area (Å²) in [5.74, 6) is 0.751. The lowest BCUT2D eigenvalue weighted by molar-refractivity contribution is 0.577. The summed E-state index contributed by atoms with van der Waals surface area (Å²) in [5, 5.41) is 3.87. The van der Waals surface area contributed by atoms with Crippen LogP contribution in [0.15, 0.2) is 29.2 Å². The van der Waals surface area contributed by atoms with Crippen molar-refractivity contribution in [1.29, 1.82) is 0 Å². The van der Waals surface area contributed by atoms with Crippen LogP contribution >= 0.6 is 0 Å². The number of benzene rings is 1. The standard InChI is InChI=1S/C10H12N4O2S/c1-7-12-8(2)14(13-7)17(15,16)10-5-3-9(11)4-6-10/h3-6H,11H2,1-2H3. The maximum absolute atomic E-state index is 12.2. The Kier molecular flexibility index (Phi) is 2.62. The van der Waals surface area contributed by atoms with E-state index in [4.69, 9.17) is 5.73 Å². The molecule has 1 heterocycles. The van der Waals surface area contributed by atoms with Crippen LogP contribution < -0.4 is 5.73 Å². The number of hydrogen-bond donors (Lipinski definition) is 1. The second kappa shape index (κ2) is 3.85. The van der Waals surface area contributed by atoms with Crippen molar-refractivity contribution in [1.82, 2.24) is 14.2 Å². The largest absolute Gasteiger partial charge is 0.399 e. The van der Waals surface area contributed by atoms with Gasteiger partial charge in [-0.1, -0.05) is 0 Å². The first-order valence-corrected chi connectivity index (χ1v) is 6.36. The molecular formula is C10H12N4O2S. The van der Waals surface area contributed by atoms with E-state index in [-0.39, 0.29) is 4.90 Å². The first kappa shape index (κ1) is 11.6. The maximum Gasteiger partial charge on any atom is 0.284 e. The zero-order valence-corrected chi connectivity index (χ0v) is 10.3. The van der Waals surface area contributed by atoms with Gasteiger partial charge in [-0.25, -0.2) is 4.98 Å². The molecule has 0 atom stereocenters. The highest BCUT2D eigenvalue weighted by atomic mass is 32.2. The van der Waals surface area contributed by atoms with Gasteiger partial charge in [-0.2, -0.15) is 8.42 Å². The van der Waals surface area contributed by atoms with E-state index >= 15 is 0 Å². The normalized spacial score (nSPS) is 11.6. The molecule has 0 aliphatic rings. The fourth-order valence-corrected chi connectivity index (χ4v) is 2.76. The van der Waals surface area contributed by atoms with Crippen LogP contribution in [0.5, 0.6) is 0 Å². The van der Waals surface area contributed by atoms with Crippen LogP contribution in [0, 0.1) is 13.8 Å². The molecule has 2 N–H and O–H groups in total. The van der Waals surface area contributed by atoms with Gasteiger partial charge >= 0.3 is 0 Å². The SMILES string of the molecule is Cc1nc(C)n(S(=O)(=O)c2ccc(N)cc2)n1. The first-order valence-electron chi connectivity index (χ1n) is 4.92. The average molecular weight is 252 g/mol. The van der Waals surface area contributed by atoms with Gasteiger partial charge in [0.25, 0.3) is 10.0 Å². The molecule has 17 heavy (non-hydrogen) atoms. The van der Waals surface area contributed by atoms with Crippen LogP contribution in [0.1, 0.15) is 11.6 Å². The van der Waals surface area contributed by atoms with Crippen LogP contribution in [0.2, 0.25) is 0 Å². The third-order valence-electron chi connectivity index (χ3n) is 2.24. The summed E-state index contributed by atoms with van der Waals surface area (Å²) in [6, 6.07) is 5.96. The fourth-order valence-electron chi connectivity index (χ4n) is 1.47. The monoisotopic (exact) mass is 252 g/mol. The Morgan fingerprint density at radius 1 is 1.18 bits per heavy atom. The summed E-state index contributed by atoms with van der Waals surface area (Å²) in [6.45, 7) is 3.23. The second-order valence-electron chi connectivity index (χ2n) is 3.62. The number of anilines is 1. The molecule has 0 aliphatic carbocycles. The van der Waals surface area contributed by atoms with Gasteiger partial charge in [0.05, 0.1) is 4.90 Å². The third-order valence-corrected chi connectivity index (χ3v) is 3.91. The highest BCUT2D eigenvalue weighted by Crippen LogP contribution is 2.15. The van der Waals surface area contributed by atoms with Gasteiger partial charge in [-0.3, -0.25) is 0 Å². The number of aryl methyl sites for hydroxylation is 2. The van der Waals surface area contributed by atoms with Crippen molar-refractivity contribution in [3.63, 3.8) is 0 Å². The lowest BCUT2D eigenvalue weighted by Gasteiger charge is -2.05. The predicted molar refractivity (Wildman–Crippen MR) is 62.9 cm³/mol. The fraction of sp³-hybridized carbons (Fsp3) is 0.200. The van der Waals surface area contributed by atoms with Crippen molar-refractivity contribution in [3.05, 3.63) is 35.9 Å². The number of aromatic nitrogens is 3. The Hall–Kier alpha value is -1.89. The Morgan fingerprint density at radius 2 is 1.76 bits per heavy atom. The van der Waals surface area contributed by atoms with Crippen LogP contribution in [0.3, 0.4) is 0 Å². The summed E-state index contributed by atoms with van der Waals surface area (Å²) >= 11 is 0. The van der Waals surface area contributed by atoms with Crippen LogP contribution in [0.25, 0.3) is 0 Å². The van der Waals surface area contributed by atoms with E-state index in [2.05, 4.69) is 10.1 Å². The quantitative estimate of drug-likeness (QED) is 0.795. The summed E-state index contributed by atoms with van der Waals surface area (Å²) in [5.41, 5.74) is 6.02. The second-order valence-corrected chi connectivity index (χ2v) is 5.39. The van der Waals surface area contributed by atoms with Gasteiger partial charge in [0.15, 0.2) is 0 Å². The lowest BCUT2D eigenvalue weighted by Crippen LogP contribution is -2.16. The molecule has 90 valence electrons. The number of nitrogen functional groups attached to an aromatic ring is 1. The number of nitrogens with two attached hydrogens (primary N) is 1. The smallest absolute Gasteiger partial charge is 0.284 e. The van der Waals surface area contributed by atoms with E-state index < -0.39 is 10.0 Å². The molecule has 2 aromatic rings. The molecule has 0 bridgehead atoms. The van der Waals surface area contributed by atoms with Gasteiger partial charge in [0.2, 0.25) is 0 Å². The van der Waals surface area contributed by atoms with Crippen LogP contribution in [-0.2, 0) is 10.0 Å². The molecule has 1 aromatic heterocycles. The van der Waals surface area contributed by atoms with Crippen molar-refractivity contribution >= 4 is 15.7 Å². The van der Waals surface area contributed by atoms with Gasteiger partial charge < -0.3 is 5.73 Å². The minimum absolute atomic E-state index is 0.139. The Morgan fingerprint density at radius 3 is 2.24 bits per heavy atom. The number of hydrogen-bond acceptors (Lipinski definition) is 5. The van der Waals surface area contributed by atoms with Crippen LogP contribution in [0.4, 0.5) is 5.69 Å². The molecule has 0 fully saturated rings. The summed E-state index contributed by atoms with van der Waals surface area (Å²) in [7, 11) is -3.68. The molecule has 0 spiro atoms. The topological polar surface area (TPSA) is 90.9 Å². The molecule has 6 nitrogen and oxygen atoms in total. The molecule has 2 rings (SSSR count). The maximum atomic E-state index is 12.2. The molecule has 0 saturated carbocycles. The van der Waals surface area contributed by atoms with E-state index in [1.165, 1.54) is 24.3 Å². The van der Waals surface area contributed by atoms with Gasteiger partial charge in [0, 0.05) is 5.69 Å². The molecular weight excluding hydrogens is 240 g/mol. The Balaban J connectivity index is 2.57. The van der Waals surface area contributed by atoms with E-state index in [9.17, 15) is 8.42 Å². The van der Waals surface area contributed by atoms with E-state index in [0.29, 0.717) is 17.3 Å². The molecule has 0 radical (unpaired) electrons. The van der Waals surface area contributed by atoms with Crippen LogP contribution in [-0.4, -0.2) is 22.6 Å². The Bertz CT molecular complexity index is 643. The highest BCUT2D eigenvalue weighted by Gasteiger charge is 2.20. The molecule has 0 aliphatic heterocycles. The van der Waals surface area contributed by atoms with Gasteiger partial charge in [0.1, 0.15) is 11.6 Å². The Labute approximate surface area is 99.1 Å². The third kappa shape index (κ3) is 2.01. The minimum atomic E-state index is -3.68. The minimum Gasteiger partial charge on any atom is -0.399 e. The van der Waals surface area contributed by atoms with Crippen molar-refractivity contribution < 1.29 is 8.42 Å². The first-order chi connectivity index (χ1) is 7.91. The average Bonchev–Trinajstić information content (AvgIpc) is 2.59. The molecule has 1 aromatic carbocycles.